The predicted octanol–water partition coefficient (Wildman–Crippen LogP) is 6.34. The first kappa shape index (κ1) is 26.2. The molecule has 0 aliphatic heterocycles. The van der Waals surface area contributed by atoms with E-state index in [2.05, 4.69) is 10.6 Å². The maximum absolute atomic E-state index is 14.8. The van der Waals surface area contributed by atoms with Crippen molar-refractivity contribution in [3.8, 4) is 11.1 Å². The van der Waals surface area contributed by atoms with E-state index >= 15 is 0 Å². The van der Waals surface area contributed by atoms with Gasteiger partial charge in [0.05, 0.1) is 6.54 Å². The molecule has 8 heteroatoms. The Morgan fingerprint density at radius 1 is 0.971 bits per heavy atom. The Labute approximate surface area is 208 Å². The van der Waals surface area contributed by atoms with Crippen molar-refractivity contribution in [2.24, 2.45) is 0 Å². The van der Waals surface area contributed by atoms with Gasteiger partial charge in [-0.1, -0.05) is 41.9 Å². The number of aliphatic carboxylic acids is 1. The predicted molar refractivity (Wildman–Crippen MR) is 134 cm³/mol. The minimum absolute atomic E-state index is 0.111. The van der Waals surface area contributed by atoms with Crippen molar-refractivity contribution in [3.05, 3.63) is 87.4 Å². The maximum Gasteiger partial charge on any atom is 0.325 e. The van der Waals surface area contributed by atoms with Crippen LogP contribution in [0.15, 0.2) is 54.6 Å². The zero-order chi connectivity index (χ0) is 25.9. The number of hydrogen-bond acceptors (Lipinski definition) is 3. The van der Waals surface area contributed by atoms with Gasteiger partial charge in [-0.3, -0.25) is 9.59 Å². The Hall–Kier alpha value is -3.45. The molecule has 1 amide bonds. The normalized spacial score (nSPS) is 12.2. The molecular weight excluding hydrogens is 474 g/mol. The molecule has 0 aliphatic rings. The summed E-state index contributed by atoms with van der Waals surface area (Å²) in [6.45, 7) is 6.04. The van der Waals surface area contributed by atoms with Crippen molar-refractivity contribution in [1.29, 1.82) is 0 Å². The number of halogens is 3. The summed E-state index contributed by atoms with van der Waals surface area (Å²) in [5.74, 6) is -4.68. The quantitative estimate of drug-likeness (QED) is 0.337. The van der Waals surface area contributed by atoms with Gasteiger partial charge in [0.2, 0.25) is 0 Å². The van der Waals surface area contributed by atoms with Gasteiger partial charge in [-0.05, 0) is 79.8 Å². The number of hydrogen-bond donors (Lipinski definition) is 3. The largest absolute Gasteiger partial charge is 0.480 e. The number of alkyl halides is 2. The minimum Gasteiger partial charge on any atom is -0.480 e. The molecule has 0 saturated heterocycles. The summed E-state index contributed by atoms with van der Waals surface area (Å²) in [5.41, 5.74) is 4.38. The second-order valence-corrected chi connectivity index (χ2v) is 9.03. The Morgan fingerprint density at radius 2 is 1.63 bits per heavy atom. The average Bonchev–Trinajstić information content (AvgIpc) is 2.79. The van der Waals surface area contributed by atoms with Crippen molar-refractivity contribution in [2.45, 2.75) is 39.7 Å². The summed E-state index contributed by atoms with van der Waals surface area (Å²) < 4.78 is 29.5. The molecule has 3 aromatic rings. The number of rotatable bonds is 8. The molecule has 3 aromatic carbocycles. The molecule has 0 saturated carbocycles. The highest BCUT2D eigenvalue weighted by atomic mass is 35.5. The molecule has 1 atom stereocenters. The number of carboxylic acid groups (broad SMARTS) is 1. The molecule has 35 heavy (non-hydrogen) atoms. The van der Waals surface area contributed by atoms with Gasteiger partial charge in [0.1, 0.15) is 6.04 Å². The lowest BCUT2D eigenvalue weighted by Crippen LogP contribution is -2.38. The number of carbonyl (C=O) groups is 2. The fraction of sp³-hybridized carbons (Fsp3) is 0.259. The van der Waals surface area contributed by atoms with Crippen molar-refractivity contribution in [1.82, 2.24) is 5.32 Å². The number of carboxylic acids is 1. The highest BCUT2D eigenvalue weighted by Crippen LogP contribution is 2.32. The summed E-state index contributed by atoms with van der Waals surface area (Å²) in [7, 11) is 0. The highest BCUT2D eigenvalue weighted by Gasteiger charge is 2.31. The van der Waals surface area contributed by atoms with Crippen LogP contribution < -0.4 is 10.6 Å². The molecule has 0 unspecified atom stereocenters. The van der Waals surface area contributed by atoms with E-state index in [0.717, 1.165) is 11.1 Å². The first-order valence-corrected chi connectivity index (χ1v) is 11.4. The molecular formula is C27H27ClF2N2O3. The van der Waals surface area contributed by atoms with Crippen molar-refractivity contribution >= 4 is 29.2 Å². The van der Waals surface area contributed by atoms with Gasteiger partial charge >= 0.3 is 5.97 Å². The van der Waals surface area contributed by atoms with Crippen LogP contribution in [0.5, 0.6) is 0 Å². The zero-order valence-electron chi connectivity index (χ0n) is 19.9. The van der Waals surface area contributed by atoms with Gasteiger partial charge in [0.15, 0.2) is 0 Å². The number of anilines is 1. The van der Waals surface area contributed by atoms with Gasteiger partial charge in [0.25, 0.3) is 11.8 Å². The molecule has 5 nitrogen and oxygen atoms in total. The lowest BCUT2D eigenvalue weighted by molar-refractivity contribution is -0.138. The lowest BCUT2D eigenvalue weighted by atomic mass is 9.94. The summed E-state index contributed by atoms with van der Waals surface area (Å²) in [5, 5.41) is 14.8. The second-order valence-electron chi connectivity index (χ2n) is 8.62. The van der Waals surface area contributed by atoms with E-state index in [0.29, 0.717) is 33.0 Å². The monoisotopic (exact) mass is 500 g/mol. The molecule has 0 heterocycles. The van der Waals surface area contributed by atoms with Gasteiger partial charge in [-0.15, -0.1) is 0 Å². The molecule has 184 valence electrons. The fourth-order valence-corrected chi connectivity index (χ4v) is 3.93. The third-order valence-corrected chi connectivity index (χ3v) is 6.19. The number of amides is 1. The van der Waals surface area contributed by atoms with Crippen molar-refractivity contribution in [3.63, 3.8) is 0 Å². The van der Waals surface area contributed by atoms with Gasteiger partial charge in [0, 0.05) is 21.8 Å². The molecule has 0 aliphatic carbocycles. The molecule has 0 radical (unpaired) electrons. The standard InChI is InChI=1S/C27H27ClF2N2O3/c1-15-12-21(8-9-23(15)28)27(29,30)14-31-22-7-5-6-19(13-22)20-10-16(2)24(17(3)11-20)25(33)32-18(4)26(34)35/h5-13,18,31H,14H2,1-4H3,(H,32,33)(H,34,35)/t18-/m0/s1. The first-order valence-electron chi connectivity index (χ1n) is 11.0. The van der Waals surface area contributed by atoms with E-state index < -0.39 is 30.4 Å². The van der Waals surface area contributed by atoms with Crippen LogP contribution in [0.2, 0.25) is 5.02 Å². The van der Waals surface area contributed by atoms with E-state index in [-0.39, 0.29) is 5.56 Å². The van der Waals surface area contributed by atoms with E-state index in [9.17, 15) is 18.4 Å². The van der Waals surface area contributed by atoms with Crippen LogP contribution in [0.3, 0.4) is 0 Å². The Morgan fingerprint density at radius 3 is 2.23 bits per heavy atom. The molecule has 0 bridgehead atoms. The zero-order valence-corrected chi connectivity index (χ0v) is 20.6. The third-order valence-electron chi connectivity index (χ3n) is 5.77. The topological polar surface area (TPSA) is 78.4 Å². The molecule has 0 spiro atoms. The number of benzene rings is 3. The van der Waals surface area contributed by atoms with Crippen molar-refractivity contribution in [2.75, 3.05) is 11.9 Å². The third kappa shape index (κ3) is 6.17. The van der Waals surface area contributed by atoms with E-state index in [1.54, 1.807) is 39.0 Å². The molecule has 0 fully saturated rings. The highest BCUT2D eigenvalue weighted by molar-refractivity contribution is 6.31. The van der Waals surface area contributed by atoms with Crippen LogP contribution in [-0.4, -0.2) is 29.6 Å². The van der Waals surface area contributed by atoms with E-state index in [1.165, 1.54) is 25.1 Å². The van der Waals surface area contributed by atoms with E-state index in [4.69, 9.17) is 16.7 Å². The lowest BCUT2D eigenvalue weighted by Gasteiger charge is -2.19. The second kappa shape index (κ2) is 10.4. The van der Waals surface area contributed by atoms with Crippen LogP contribution in [0.4, 0.5) is 14.5 Å². The number of carbonyl (C=O) groups excluding carboxylic acids is 1. The van der Waals surface area contributed by atoms with Gasteiger partial charge < -0.3 is 15.7 Å². The van der Waals surface area contributed by atoms with Crippen LogP contribution in [0, 0.1) is 20.8 Å². The Kier molecular flexibility index (Phi) is 7.80. The Bertz CT molecular complexity index is 1250. The summed E-state index contributed by atoms with van der Waals surface area (Å²) in [6.07, 6.45) is 0. The van der Waals surface area contributed by atoms with Gasteiger partial charge in [-0.2, -0.15) is 8.78 Å². The summed E-state index contributed by atoms with van der Waals surface area (Å²) in [6, 6.07) is 13.9. The van der Waals surface area contributed by atoms with Crippen LogP contribution in [0.25, 0.3) is 11.1 Å². The molecule has 3 N–H and O–H groups in total. The SMILES string of the molecule is Cc1cc(C(F)(F)CNc2cccc(-c3cc(C)c(C(=O)N[C@@H](C)C(=O)O)c(C)c3)c2)ccc1Cl. The van der Waals surface area contributed by atoms with E-state index in [1.807, 2.05) is 18.2 Å². The smallest absolute Gasteiger partial charge is 0.325 e. The summed E-state index contributed by atoms with van der Waals surface area (Å²) >= 11 is 5.96. The van der Waals surface area contributed by atoms with Crippen LogP contribution in [0.1, 0.15) is 39.5 Å². The van der Waals surface area contributed by atoms with Gasteiger partial charge in [-0.25, -0.2) is 0 Å². The number of nitrogens with one attached hydrogen (secondary N) is 2. The average molecular weight is 501 g/mol. The molecule has 0 aromatic heterocycles. The fourth-order valence-electron chi connectivity index (χ4n) is 3.81. The molecule has 3 rings (SSSR count). The van der Waals surface area contributed by atoms with Crippen LogP contribution >= 0.6 is 11.6 Å². The minimum atomic E-state index is -3.10. The number of aryl methyl sites for hydroxylation is 3. The van der Waals surface area contributed by atoms with Crippen molar-refractivity contribution < 1.29 is 23.5 Å². The maximum atomic E-state index is 14.8. The summed E-state index contributed by atoms with van der Waals surface area (Å²) in [4.78, 5) is 23.6. The van der Waals surface area contributed by atoms with Crippen LogP contribution in [-0.2, 0) is 10.7 Å². The first-order chi connectivity index (χ1) is 16.4. The Balaban J connectivity index is 1.80.